The van der Waals surface area contributed by atoms with Crippen molar-refractivity contribution in [1.29, 1.82) is 0 Å². The lowest BCUT2D eigenvalue weighted by Gasteiger charge is -2.14. The van der Waals surface area contributed by atoms with E-state index < -0.39 is 0 Å². The maximum Gasteiger partial charge on any atom is 0.260 e. The van der Waals surface area contributed by atoms with E-state index in [0.717, 1.165) is 5.56 Å². The fourth-order valence-electron chi connectivity index (χ4n) is 3.35. The summed E-state index contributed by atoms with van der Waals surface area (Å²) in [6.45, 7) is 3.89. The molecule has 8 nitrogen and oxygen atoms in total. The molecule has 0 saturated heterocycles. The first-order valence-corrected chi connectivity index (χ1v) is 10.7. The number of ether oxygens (including phenoxy) is 3. The Bertz CT molecular complexity index is 1270. The number of hydrogen-bond acceptors (Lipinski definition) is 7. The number of amides is 1. The number of anilines is 1. The summed E-state index contributed by atoms with van der Waals surface area (Å²) in [5.74, 6) is 1.96. The number of nitrogens with zero attached hydrogens (tertiary/aromatic N) is 2. The van der Waals surface area contributed by atoms with Crippen LogP contribution in [0.1, 0.15) is 24.2 Å². The standard InChI is InChI=1S/C26H25N3O5/c1-16(2)33-19-12-10-18(11-13-19)25(30)27-21-15-23(32-4)22(31-3)14-20(21)26-28-24(29-34-26)17-8-6-5-7-9-17/h5-16H,1-4H3,(H,27,30). The van der Waals surface area contributed by atoms with Gasteiger partial charge in [-0.05, 0) is 44.2 Å². The average Bonchev–Trinajstić information content (AvgIpc) is 3.34. The van der Waals surface area contributed by atoms with Crippen LogP contribution in [0.25, 0.3) is 22.8 Å². The molecule has 4 aromatic rings. The highest BCUT2D eigenvalue weighted by Gasteiger charge is 2.20. The Morgan fingerprint density at radius 1 is 0.941 bits per heavy atom. The molecular weight excluding hydrogens is 434 g/mol. The number of methoxy groups -OCH3 is 2. The minimum Gasteiger partial charge on any atom is -0.493 e. The van der Waals surface area contributed by atoms with Crippen LogP contribution in [0.4, 0.5) is 5.69 Å². The molecule has 0 aliphatic rings. The van der Waals surface area contributed by atoms with Crippen molar-refractivity contribution in [1.82, 2.24) is 10.1 Å². The molecule has 1 N–H and O–H groups in total. The van der Waals surface area contributed by atoms with Gasteiger partial charge in [0.25, 0.3) is 11.8 Å². The molecule has 3 aromatic carbocycles. The van der Waals surface area contributed by atoms with Crippen molar-refractivity contribution in [2.45, 2.75) is 20.0 Å². The normalized spacial score (nSPS) is 10.7. The molecule has 0 radical (unpaired) electrons. The van der Waals surface area contributed by atoms with Gasteiger partial charge in [0.1, 0.15) is 5.75 Å². The molecule has 4 rings (SSSR count). The van der Waals surface area contributed by atoms with E-state index in [2.05, 4.69) is 15.5 Å². The number of carbonyl (C=O) groups excluding carboxylic acids is 1. The quantitative estimate of drug-likeness (QED) is 0.374. The second-order valence-corrected chi connectivity index (χ2v) is 7.69. The SMILES string of the molecule is COc1cc(NC(=O)c2ccc(OC(C)C)cc2)c(-c2nc(-c3ccccc3)no2)cc1OC. The molecule has 8 heteroatoms. The van der Waals surface area contributed by atoms with Gasteiger partial charge in [-0.3, -0.25) is 4.79 Å². The second kappa shape index (κ2) is 10.1. The molecule has 1 amide bonds. The van der Waals surface area contributed by atoms with Crippen LogP contribution >= 0.6 is 0 Å². The summed E-state index contributed by atoms with van der Waals surface area (Å²) in [7, 11) is 3.06. The highest BCUT2D eigenvalue weighted by Crippen LogP contribution is 2.39. The molecule has 0 aliphatic heterocycles. The van der Waals surface area contributed by atoms with E-state index in [1.165, 1.54) is 14.2 Å². The molecule has 1 heterocycles. The third-order valence-electron chi connectivity index (χ3n) is 4.95. The van der Waals surface area contributed by atoms with Crippen molar-refractivity contribution in [2.24, 2.45) is 0 Å². The summed E-state index contributed by atoms with van der Waals surface area (Å²) in [5.41, 5.74) is 2.22. The number of benzene rings is 3. The molecular formula is C26H25N3O5. The lowest BCUT2D eigenvalue weighted by Crippen LogP contribution is -2.13. The minimum atomic E-state index is -0.313. The zero-order chi connectivity index (χ0) is 24.1. The Hall–Kier alpha value is -4.33. The van der Waals surface area contributed by atoms with E-state index in [0.29, 0.717) is 39.9 Å². The van der Waals surface area contributed by atoms with Crippen molar-refractivity contribution < 1.29 is 23.5 Å². The van der Waals surface area contributed by atoms with E-state index in [1.807, 2.05) is 44.2 Å². The summed E-state index contributed by atoms with van der Waals surface area (Å²) >= 11 is 0. The van der Waals surface area contributed by atoms with Crippen molar-refractivity contribution >= 4 is 11.6 Å². The smallest absolute Gasteiger partial charge is 0.260 e. The fraction of sp³-hybridized carbons (Fsp3) is 0.192. The van der Waals surface area contributed by atoms with Crippen LogP contribution < -0.4 is 19.5 Å². The van der Waals surface area contributed by atoms with Crippen LogP contribution in [0.3, 0.4) is 0 Å². The van der Waals surface area contributed by atoms with Gasteiger partial charge >= 0.3 is 0 Å². The summed E-state index contributed by atoms with van der Waals surface area (Å²) in [6, 6.07) is 19.7. The zero-order valence-electron chi connectivity index (χ0n) is 19.4. The van der Waals surface area contributed by atoms with Gasteiger partial charge < -0.3 is 24.1 Å². The maximum atomic E-state index is 13.0. The van der Waals surface area contributed by atoms with Crippen molar-refractivity contribution in [3.05, 3.63) is 72.3 Å². The molecule has 0 atom stereocenters. The lowest BCUT2D eigenvalue weighted by atomic mass is 10.1. The summed E-state index contributed by atoms with van der Waals surface area (Å²) in [4.78, 5) is 17.5. The third kappa shape index (κ3) is 5.01. The number of hydrogen-bond donors (Lipinski definition) is 1. The first kappa shape index (κ1) is 22.8. The molecule has 34 heavy (non-hydrogen) atoms. The second-order valence-electron chi connectivity index (χ2n) is 7.69. The largest absolute Gasteiger partial charge is 0.493 e. The van der Waals surface area contributed by atoms with Gasteiger partial charge in [0.05, 0.1) is 31.6 Å². The predicted molar refractivity (Wildman–Crippen MR) is 128 cm³/mol. The minimum absolute atomic E-state index is 0.0455. The molecule has 0 aliphatic carbocycles. The number of rotatable bonds is 8. The van der Waals surface area contributed by atoms with Gasteiger partial charge in [-0.1, -0.05) is 35.5 Å². The maximum absolute atomic E-state index is 13.0. The molecule has 174 valence electrons. The summed E-state index contributed by atoms with van der Waals surface area (Å²) in [5, 5.41) is 7.01. The number of carbonyl (C=O) groups is 1. The van der Waals surface area contributed by atoms with E-state index in [1.54, 1.807) is 36.4 Å². The summed E-state index contributed by atoms with van der Waals surface area (Å²) in [6.07, 6.45) is 0.0455. The predicted octanol–water partition coefficient (Wildman–Crippen LogP) is 5.46. The number of aromatic nitrogens is 2. The molecule has 1 aromatic heterocycles. The van der Waals surface area contributed by atoms with Crippen LogP contribution in [0.5, 0.6) is 17.2 Å². The zero-order valence-corrected chi connectivity index (χ0v) is 19.4. The molecule has 0 bridgehead atoms. The Labute approximate surface area is 197 Å². The topological polar surface area (TPSA) is 95.7 Å². The Balaban J connectivity index is 1.68. The van der Waals surface area contributed by atoms with Crippen LogP contribution in [0, 0.1) is 0 Å². The average molecular weight is 460 g/mol. The molecule has 0 saturated carbocycles. The van der Waals surface area contributed by atoms with Crippen LogP contribution in [-0.2, 0) is 0 Å². The Kier molecular flexibility index (Phi) is 6.77. The molecule has 0 spiro atoms. The summed E-state index contributed by atoms with van der Waals surface area (Å²) < 4.78 is 22.0. The van der Waals surface area contributed by atoms with Crippen molar-refractivity contribution in [3.8, 4) is 40.1 Å². The third-order valence-corrected chi connectivity index (χ3v) is 4.95. The van der Waals surface area contributed by atoms with E-state index in [-0.39, 0.29) is 17.9 Å². The van der Waals surface area contributed by atoms with Gasteiger partial charge in [-0.25, -0.2) is 0 Å². The van der Waals surface area contributed by atoms with Gasteiger partial charge in [0, 0.05) is 17.2 Å². The Morgan fingerprint density at radius 3 is 2.26 bits per heavy atom. The van der Waals surface area contributed by atoms with E-state index in [9.17, 15) is 4.79 Å². The van der Waals surface area contributed by atoms with Gasteiger partial charge in [-0.2, -0.15) is 4.98 Å². The van der Waals surface area contributed by atoms with Crippen LogP contribution in [0.2, 0.25) is 0 Å². The number of nitrogens with one attached hydrogen (secondary N) is 1. The van der Waals surface area contributed by atoms with Gasteiger partial charge in [-0.15, -0.1) is 0 Å². The van der Waals surface area contributed by atoms with Crippen LogP contribution in [0.15, 0.2) is 71.3 Å². The molecule has 0 unspecified atom stereocenters. The first-order valence-electron chi connectivity index (χ1n) is 10.7. The monoisotopic (exact) mass is 459 g/mol. The first-order chi connectivity index (χ1) is 16.5. The highest BCUT2D eigenvalue weighted by molar-refractivity contribution is 6.06. The lowest BCUT2D eigenvalue weighted by molar-refractivity contribution is 0.102. The molecule has 0 fully saturated rings. The van der Waals surface area contributed by atoms with Gasteiger partial charge in [0.15, 0.2) is 11.5 Å². The van der Waals surface area contributed by atoms with Gasteiger partial charge in [0.2, 0.25) is 5.82 Å². The van der Waals surface area contributed by atoms with Crippen molar-refractivity contribution in [3.63, 3.8) is 0 Å². The van der Waals surface area contributed by atoms with Crippen molar-refractivity contribution in [2.75, 3.05) is 19.5 Å². The van der Waals surface area contributed by atoms with Crippen LogP contribution in [-0.4, -0.2) is 36.4 Å². The van der Waals surface area contributed by atoms with E-state index >= 15 is 0 Å². The Morgan fingerprint density at radius 2 is 1.62 bits per heavy atom. The van der Waals surface area contributed by atoms with E-state index in [4.69, 9.17) is 18.7 Å². The fourth-order valence-corrected chi connectivity index (χ4v) is 3.35. The highest BCUT2D eigenvalue weighted by atomic mass is 16.5.